The van der Waals surface area contributed by atoms with E-state index in [1.807, 2.05) is 49.4 Å². The highest BCUT2D eigenvalue weighted by molar-refractivity contribution is 5.75. The number of hydrogen-bond acceptors (Lipinski definition) is 3. The third-order valence-electron chi connectivity index (χ3n) is 6.93. The maximum absolute atomic E-state index is 12.6. The fourth-order valence-electron chi connectivity index (χ4n) is 4.80. The van der Waals surface area contributed by atoms with Crippen LogP contribution in [0, 0.1) is 6.92 Å². The number of benzene rings is 2. The van der Waals surface area contributed by atoms with Gasteiger partial charge >= 0.3 is 5.97 Å². The Bertz CT molecular complexity index is 1040. The fourth-order valence-corrected chi connectivity index (χ4v) is 4.80. The number of aromatic nitrogens is 1. The van der Waals surface area contributed by atoms with Crippen LogP contribution in [0.25, 0.3) is 11.3 Å². The lowest BCUT2D eigenvalue weighted by Crippen LogP contribution is -2.31. The van der Waals surface area contributed by atoms with Crippen LogP contribution in [-0.4, -0.2) is 23.2 Å². The monoisotopic (exact) mass is 503 g/mol. The van der Waals surface area contributed by atoms with Gasteiger partial charge in [0.2, 0.25) is 0 Å². The molecule has 1 heterocycles. The average molecular weight is 504 g/mol. The SMILES string of the molecule is CCCCCCCCCCCn1c(C)ccc1-c1ccc(O[C@H](Cc2ccccc2)C(=O)OCC)cc1. The molecule has 200 valence electrons. The van der Waals surface area contributed by atoms with Gasteiger partial charge in [-0.2, -0.15) is 0 Å². The highest BCUT2D eigenvalue weighted by Gasteiger charge is 2.22. The Hall–Kier alpha value is -3.01. The van der Waals surface area contributed by atoms with E-state index in [-0.39, 0.29) is 5.97 Å². The number of carbonyl (C=O) groups excluding carboxylic acids is 1. The molecule has 37 heavy (non-hydrogen) atoms. The zero-order chi connectivity index (χ0) is 26.3. The smallest absolute Gasteiger partial charge is 0.347 e. The summed E-state index contributed by atoms with van der Waals surface area (Å²) in [5.74, 6) is 0.340. The van der Waals surface area contributed by atoms with Crippen molar-refractivity contribution in [1.82, 2.24) is 4.57 Å². The van der Waals surface area contributed by atoms with Crippen molar-refractivity contribution in [3.8, 4) is 17.0 Å². The molecule has 4 nitrogen and oxygen atoms in total. The Labute approximate surface area is 224 Å². The van der Waals surface area contributed by atoms with Crippen molar-refractivity contribution in [2.45, 2.75) is 97.6 Å². The molecule has 0 bridgehead atoms. The molecule has 0 unspecified atom stereocenters. The van der Waals surface area contributed by atoms with Crippen LogP contribution in [0.15, 0.2) is 66.7 Å². The second-order valence-electron chi connectivity index (χ2n) is 9.91. The summed E-state index contributed by atoms with van der Waals surface area (Å²) in [6, 6.07) is 22.4. The van der Waals surface area contributed by atoms with Gasteiger partial charge < -0.3 is 14.0 Å². The Morgan fingerprint density at radius 1 is 0.784 bits per heavy atom. The predicted octanol–water partition coefficient (Wildman–Crippen LogP) is 8.55. The van der Waals surface area contributed by atoms with Crippen LogP contribution in [0.2, 0.25) is 0 Å². The molecule has 0 spiro atoms. The minimum atomic E-state index is -0.675. The van der Waals surface area contributed by atoms with E-state index >= 15 is 0 Å². The summed E-state index contributed by atoms with van der Waals surface area (Å²) in [5.41, 5.74) is 4.73. The van der Waals surface area contributed by atoms with Crippen LogP contribution >= 0.6 is 0 Å². The quantitative estimate of drug-likeness (QED) is 0.137. The summed E-state index contributed by atoms with van der Waals surface area (Å²) >= 11 is 0. The van der Waals surface area contributed by atoms with Crippen molar-refractivity contribution in [3.05, 3.63) is 78.0 Å². The number of carbonyl (C=O) groups is 1. The van der Waals surface area contributed by atoms with E-state index < -0.39 is 6.10 Å². The van der Waals surface area contributed by atoms with Crippen molar-refractivity contribution in [2.75, 3.05) is 6.61 Å². The van der Waals surface area contributed by atoms with Crippen molar-refractivity contribution < 1.29 is 14.3 Å². The first-order chi connectivity index (χ1) is 18.1. The van der Waals surface area contributed by atoms with Gasteiger partial charge in [0, 0.05) is 24.4 Å². The largest absolute Gasteiger partial charge is 0.478 e. The lowest BCUT2D eigenvalue weighted by molar-refractivity contribution is -0.151. The Balaban J connectivity index is 1.56. The summed E-state index contributed by atoms with van der Waals surface area (Å²) in [4.78, 5) is 12.6. The number of unbranched alkanes of at least 4 members (excludes halogenated alkanes) is 8. The summed E-state index contributed by atoms with van der Waals surface area (Å²) < 4.78 is 13.8. The lowest BCUT2D eigenvalue weighted by Gasteiger charge is -2.18. The first-order valence-electron chi connectivity index (χ1n) is 14.3. The number of nitrogens with zero attached hydrogens (tertiary/aromatic N) is 1. The summed E-state index contributed by atoms with van der Waals surface area (Å²) in [7, 11) is 0. The predicted molar refractivity (Wildman–Crippen MR) is 153 cm³/mol. The molecule has 4 heteroatoms. The highest BCUT2D eigenvalue weighted by atomic mass is 16.6. The maximum atomic E-state index is 12.6. The molecule has 0 fully saturated rings. The van der Waals surface area contributed by atoms with E-state index in [4.69, 9.17) is 9.47 Å². The number of ether oxygens (including phenoxy) is 2. The molecule has 0 aliphatic heterocycles. The standard InChI is InChI=1S/C33H45NO3/c1-4-6-7-8-9-10-11-12-16-25-34-27(3)19-24-31(34)29-20-22-30(23-21-29)37-32(33(35)36-5-2)26-28-17-14-13-15-18-28/h13-15,17-24,32H,4-12,16,25-26H2,1-3H3/t32-/m1/s1. The Morgan fingerprint density at radius 3 is 2.08 bits per heavy atom. The van der Waals surface area contributed by atoms with Crippen LogP contribution in [0.4, 0.5) is 0 Å². The van der Waals surface area contributed by atoms with E-state index in [2.05, 4.69) is 42.7 Å². The van der Waals surface area contributed by atoms with E-state index in [1.165, 1.54) is 69.2 Å². The molecule has 0 aliphatic rings. The van der Waals surface area contributed by atoms with Gasteiger partial charge in [0.1, 0.15) is 5.75 Å². The van der Waals surface area contributed by atoms with Crippen molar-refractivity contribution in [3.63, 3.8) is 0 Å². The third-order valence-corrected chi connectivity index (χ3v) is 6.93. The van der Waals surface area contributed by atoms with Crippen molar-refractivity contribution in [1.29, 1.82) is 0 Å². The fraction of sp³-hybridized carbons (Fsp3) is 0.485. The number of hydrogen-bond donors (Lipinski definition) is 0. The minimum Gasteiger partial charge on any atom is -0.478 e. The van der Waals surface area contributed by atoms with Gasteiger partial charge in [-0.05, 0) is 67.8 Å². The first-order valence-corrected chi connectivity index (χ1v) is 14.3. The van der Waals surface area contributed by atoms with Gasteiger partial charge in [0.05, 0.1) is 6.61 Å². The third kappa shape index (κ3) is 9.42. The molecule has 0 amide bonds. The highest BCUT2D eigenvalue weighted by Crippen LogP contribution is 2.26. The van der Waals surface area contributed by atoms with Crippen LogP contribution in [0.1, 0.15) is 82.9 Å². The molecule has 1 aromatic heterocycles. The summed E-state index contributed by atoms with van der Waals surface area (Å²) in [6.07, 6.45) is 11.8. The molecule has 3 aromatic rings. The molecule has 3 rings (SSSR count). The molecular formula is C33H45NO3. The Morgan fingerprint density at radius 2 is 1.43 bits per heavy atom. The van der Waals surface area contributed by atoms with E-state index in [1.54, 1.807) is 0 Å². The zero-order valence-electron chi connectivity index (χ0n) is 23.1. The van der Waals surface area contributed by atoms with Crippen LogP contribution in [0.5, 0.6) is 5.75 Å². The van der Waals surface area contributed by atoms with Gasteiger partial charge in [-0.3, -0.25) is 0 Å². The first kappa shape index (κ1) is 28.6. The van der Waals surface area contributed by atoms with Crippen LogP contribution < -0.4 is 4.74 Å². The molecule has 0 radical (unpaired) electrons. The second kappa shape index (κ2) is 16.0. The molecule has 0 N–H and O–H groups in total. The molecular weight excluding hydrogens is 458 g/mol. The van der Waals surface area contributed by atoms with Gasteiger partial charge in [0.25, 0.3) is 0 Å². The van der Waals surface area contributed by atoms with Crippen molar-refractivity contribution >= 4 is 5.97 Å². The zero-order valence-corrected chi connectivity index (χ0v) is 23.1. The van der Waals surface area contributed by atoms with Gasteiger partial charge in [-0.1, -0.05) is 88.6 Å². The molecule has 1 atom stereocenters. The normalized spacial score (nSPS) is 11.9. The van der Waals surface area contributed by atoms with E-state index in [0.717, 1.165) is 17.7 Å². The average Bonchev–Trinajstić information content (AvgIpc) is 3.28. The molecule has 0 saturated carbocycles. The molecule has 0 saturated heterocycles. The number of esters is 1. The minimum absolute atomic E-state index is 0.333. The lowest BCUT2D eigenvalue weighted by atomic mass is 10.1. The molecule has 0 aliphatic carbocycles. The van der Waals surface area contributed by atoms with Crippen molar-refractivity contribution in [2.24, 2.45) is 0 Å². The Kier molecular flexibility index (Phi) is 12.3. The van der Waals surface area contributed by atoms with Gasteiger partial charge in [0.15, 0.2) is 6.10 Å². The van der Waals surface area contributed by atoms with E-state index in [0.29, 0.717) is 18.8 Å². The summed E-state index contributed by atoms with van der Waals surface area (Å²) in [5, 5.41) is 0. The summed E-state index contributed by atoms with van der Waals surface area (Å²) in [6.45, 7) is 7.65. The van der Waals surface area contributed by atoms with Gasteiger partial charge in [-0.25, -0.2) is 4.79 Å². The van der Waals surface area contributed by atoms with E-state index in [9.17, 15) is 4.79 Å². The topological polar surface area (TPSA) is 40.5 Å². The second-order valence-corrected chi connectivity index (χ2v) is 9.91. The molecule has 2 aromatic carbocycles. The van der Waals surface area contributed by atoms with Gasteiger partial charge in [-0.15, -0.1) is 0 Å². The van der Waals surface area contributed by atoms with Crippen LogP contribution in [0.3, 0.4) is 0 Å². The number of rotatable bonds is 17. The maximum Gasteiger partial charge on any atom is 0.347 e. The van der Waals surface area contributed by atoms with Crippen LogP contribution in [-0.2, 0) is 22.5 Å². The number of aryl methyl sites for hydroxylation is 1.